The molecule has 0 fully saturated rings. The summed E-state index contributed by atoms with van der Waals surface area (Å²) in [6.45, 7) is 1.77. The van der Waals surface area contributed by atoms with Crippen molar-refractivity contribution < 1.29 is 9.47 Å². The van der Waals surface area contributed by atoms with Gasteiger partial charge in [0.2, 0.25) is 5.88 Å². The Hall–Kier alpha value is -2.13. The Balaban J connectivity index is 2.35. The van der Waals surface area contributed by atoms with Crippen molar-refractivity contribution in [3.8, 4) is 23.4 Å². The van der Waals surface area contributed by atoms with E-state index in [0.29, 0.717) is 33.4 Å². The van der Waals surface area contributed by atoms with Gasteiger partial charge in [0.05, 0.1) is 18.7 Å². The molecule has 0 aliphatic carbocycles. The number of rotatable bonds is 3. The second-order valence-corrected chi connectivity index (χ2v) is 4.50. The first kappa shape index (κ1) is 13.3. The molecule has 0 atom stereocenters. The van der Waals surface area contributed by atoms with E-state index in [2.05, 4.69) is 25.9 Å². The maximum Gasteiger partial charge on any atom is 0.223 e. The van der Waals surface area contributed by atoms with Crippen LogP contribution in [0.15, 0.2) is 28.9 Å². The molecule has 2 rings (SSSR count). The Morgan fingerprint density at radius 2 is 1.89 bits per heavy atom. The minimum absolute atomic E-state index is 0.400. The molecule has 6 heteroatoms. The molecule has 0 amide bonds. The second kappa shape index (κ2) is 5.67. The minimum Gasteiger partial charge on any atom is -0.497 e. The van der Waals surface area contributed by atoms with Gasteiger partial charge in [0.25, 0.3) is 0 Å². The van der Waals surface area contributed by atoms with Gasteiger partial charge in [-0.15, -0.1) is 0 Å². The van der Waals surface area contributed by atoms with Crippen LogP contribution in [-0.4, -0.2) is 17.1 Å². The molecule has 0 unspecified atom stereocenters. The molecule has 0 bridgehead atoms. The van der Waals surface area contributed by atoms with Crippen LogP contribution < -0.4 is 9.47 Å². The molecular weight excluding hydrogens is 310 g/mol. The van der Waals surface area contributed by atoms with Gasteiger partial charge in [0.15, 0.2) is 0 Å². The Bertz CT molecular complexity index is 633. The summed E-state index contributed by atoms with van der Waals surface area (Å²) in [7, 11) is 1.53. The number of aromatic nitrogens is 2. The first-order chi connectivity index (χ1) is 9.10. The molecule has 0 N–H and O–H groups in total. The largest absolute Gasteiger partial charge is 0.497 e. The molecule has 0 saturated carbocycles. The molecule has 5 nitrogen and oxygen atoms in total. The first-order valence-corrected chi connectivity index (χ1v) is 6.18. The topological polar surface area (TPSA) is 68.0 Å². The maximum absolute atomic E-state index is 8.94. The summed E-state index contributed by atoms with van der Waals surface area (Å²) in [5, 5.41) is 8.94. The fourth-order valence-corrected chi connectivity index (χ4v) is 1.94. The summed E-state index contributed by atoms with van der Waals surface area (Å²) in [5.41, 5.74) is 0.458. The predicted octanol–water partition coefficient (Wildman–Crippen LogP) is 3.22. The van der Waals surface area contributed by atoms with E-state index in [1.54, 1.807) is 31.2 Å². The Morgan fingerprint density at radius 1 is 1.16 bits per heavy atom. The third-order valence-electron chi connectivity index (χ3n) is 2.25. The quantitative estimate of drug-likeness (QED) is 0.812. The molecular formula is C13H10BrN3O2. The summed E-state index contributed by atoms with van der Waals surface area (Å²) >= 11 is 3.27. The lowest BCUT2D eigenvalue weighted by molar-refractivity contribution is 0.407. The highest BCUT2D eigenvalue weighted by Gasteiger charge is 2.06. The zero-order valence-corrected chi connectivity index (χ0v) is 11.9. The number of nitriles is 1. The lowest BCUT2D eigenvalue weighted by Gasteiger charge is -2.08. The van der Waals surface area contributed by atoms with Crippen molar-refractivity contribution in [3.63, 3.8) is 0 Å². The molecule has 1 aromatic carbocycles. The second-order valence-electron chi connectivity index (χ2n) is 3.69. The van der Waals surface area contributed by atoms with Crippen molar-refractivity contribution in [3.05, 3.63) is 40.3 Å². The molecule has 19 heavy (non-hydrogen) atoms. The van der Waals surface area contributed by atoms with Crippen LogP contribution in [0.2, 0.25) is 0 Å². The van der Waals surface area contributed by atoms with Crippen LogP contribution in [0.5, 0.6) is 17.4 Å². The molecule has 0 radical (unpaired) electrons. The highest BCUT2D eigenvalue weighted by Crippen LogP contribution is 2.27. The van der Waals surface area contributed by atoms with Gasteiger partial charge in [-0.05, 0) is 35.0 Å². The summed E-state index contributed by atoms with van der Waals surface area (Å²) in [5.74, 6) is 2.03. The Morgan fingerprint density at radius 3 is 2.53 bits per heavy atom. The molecule has 2 aromatic rings. The zero-order chi connectivity index (χ0) is 13.8. The number of benzene rings is 1. The van der Waals surface area contributed by atoms with Crippen LogP contribution in [0.4, 0.5) is 0 Å². The van der Waals surface area contributed by atoms with E-state index in [1.165, 1.54) is 7.11 Å². The standard InChI is InChI=1S/C13H10BrN3O2/c1-8-16-12(14)6-13(17-8)19-11-4-9(7-15)3-10(5-11)18-2/h3-6H,1-2H3. The summed E-state index contributed by atoms with van der Waals surface area (Å²) in [6.07, 6.45) is 0. The predicted molar refractivity (Wildman–Crippen MR) is 72.3 cm³/mol. The van der Waals surface area contributed by atoms with Crippen LogP contribution in [0, 0.1) is 18.3 Å². The molecule has 96 valence electrons. The number of methoxy groups -OCH3 is 1. The van der Waals surface area contributed by atoms with Crippen LogP contribution in [0.1, 0.15) is 11.4 Å². The van der Waals surface area contributed by atoms with Crippen molar-refractivity contribution >= 4 is 15.9 Å². The average Bonchev–Trinajstić information content (AvgIpc) is 2.37. The van der Waals surface area contributed by atoms with Gasteiger partial charge in [0.1, 0.15) is 21.9 Å². The molecule has 0 saturated heterocycles. The number of aryl methyl sites for hydroxylation is 1. The fourth-order valence-electron chi connectivity index (χ4n) is 1.49. The van der Waals surface area contributed by atoms with E-state index >= 15 is 0 Å². The maximum atomic E-state index is 8.94. The van der Waals surface area contributed by atoms with Crippen molar-refractivity contribution in [2.24, 2.45) is 0 Å². The smallest absolute Gasteiger partial charge is 0.223 e. The van der Waals surface area contributed by atoms with Gasteiger partial charge < -0.3 is 9.47 Å². The normalized spacial score (nSPS) is 9.79. The molecule has 0 spiro atoms. The third kappa shape index (κ3) is 3.42. The van der Waals surface area contributed by atoms with Crippen molar-refractivity contribution in [2.75, 3.05) is 7.11 Å². The van der Waals surface area contributed by atoms with E-state index < -0.39 is 0 Å². The van der Waals surface area contributed by atoms with Gasteiger partial charge in [-0.25, -0.2) is 4.98 Å². The fraction of sp³-hybridized carbons (Fsp3) is 0.154. The minimum atomic E-state index is 0.400. The average molecular weight is 320 g/mol. The molecule has 0 aliphatic rings. The van der Waals surface area contributed by atoms with E-state index in [0.717, 1.165) is 0 Å². The monoisotopic (exact) mass is 319 g/mol. The van der Waals surface area contributed by atoms with Crippen LogP contribution >= 0.6 is 15.9 Å². The number of halogens is 1. The number of nitrogens with zero attached hydrogens (tertiary/aromatic N) is 3. The van der Waals surface area contributed by atoms with Crippen LogP contribution in [-0.2, 0) is 0 Å². The van der Waals surface area contributed by atoms with E-state index in [1.807, 2.05) is 6.07 Å². The SMILES string of the molecule is COc1cc(C#N)cc(Oc2cc(Br)nc(C)n2)c1. The van der Waals surface area contributed by atoms with Crippen molar-refractivity contribution in [1.29, 1.82) is 5.26 Å². The van der Waals surface area contributed by atoms with Gasteiger partial charge in [0, 0.05) is 12.1 Å². The Labute approximate surface area is 119 Å². The highest BCUT2D eigenvalue weighted by molar-refractivity contribution is 9.10. The number of ether oxygens (including phenoxy) is 2. The third-order valence-corrected chi connectivity index (χ3v) is 2.66. The summed E-state index contributed by atoms with van der Waals surface area (Å²) in [4.78, 5) is 8.25. The van der Waals surface area contributed by atoms with Crippen molar-refractivity contribution in [2.45, 2.75) is 6.92 Å². The summed E-state index contributed by atoms with van der Waals surface area (Å²) in [6, 6.07) is 8.64. The molecule has 0 aliphatic heterocycles. The Kier molecular flexibility index (Phi) is 3.97. The summed E-state index contributed by atoms with van der Waals surface area (Å²) < 4.78 is 11.4. The van der Waals surface area contributed by atoms with Gasteiger partial charge in [-0.3, -0.25) is 0 Å². The number of hydrogen-bond acceptors (Lipinski definition) is 5. The number of hydrogen-bond donors (Lipinski definition) is 0. The van der Waals surface area contributed by atoms with Gasteiger partial charge in [-0.1, -0.05) is 0 Å². The lowest BCUT2D eigenvalue weighted by atomic mass is 10.2. The van der Waals surface area contributed by atoms with Gasteiger partial charge in [-0.2, -0.15) is 10.2 Å². The van der Waals surface area contributed by atoms with E-state index in [-0.39, 0.29) is 0 Å². The van der Waals surface area contributed by atoms with Crippen molar-refractivity contribution in [1.82, 2.24) is 9.97 Å². The first-order valence-electron chi connectivity index (χ1n) is 5.39. The van der Waals surface area contributed by atoms with E-state index in [4.69, 9.17) is 14.7 Å². The zero-order valence-electron chi connectivity index (χ0n) is 10.3. The van der Waals surface area contributed by atoms with Crippen LogP contribution in [0.3, 0.4) is 0 Å². The highest BCUT2D eigenvalue weighted by atomic mass is 79.9. The lowest BCUT2D eigenvalue weighted by Crippen LogP contribution is -1.94. The molecule has 1 aromatic heterocycles. The van der Waals surface area contributed by atoms with Gasteiger partial charge >= 0.3 is 0 Å². The van der Waals surface area contributed by atoms with E-state index in [9.17, 15) is 0 Å². The molecule has 1 heterocycles. The van der Waals surface area contributed by atoms with Crippen LogP contribution in [0.25, 0.3) is 0 Å².